The van der Waals surface area contributed by atoms with Crippen LogP contribution in [-0.2, 0) is 9.59 Å². The van der Waals surface area contributed by atoms with Crippen molar-refractivity contribution in [2.24, 2.45) is 5.92 Å². The van der Waals surface area contributed by atoms with E-state index in [1.54, 1.807) is 0 Å². The first-order chi connectivity index (χ1) is 13.3. The van der Waals surface area contributed by atoms with Gasteiger partial charge >= 0.3 is 6.09 Å². The van der Waals surface area contributed by atoms with Gasteiger partial charge in [0.1, 0.15) is 6.33 Å². The van der Waals surface area contributed by atoms with E-state index in [4.69, 9.17) is 5.11 Å². The predicted octanol–water partition coefficient (Wildman–Crippen LogP) is 3.13. The highest BCUT2D eigenvalue weighted by Crippen LogP contribution is 2.41. The first kappa shape index (κ1) is 17.8. The molecule has 3 aromatic rings. The molecule has 1 aliphatic rings. The first-order valence-corrected chi connectivity index (χ1v) is 8.33. The number of Topliss-reactive ketones (excluding diaryl/α,β-unsaturated/α-hetero) is 1. The van der Waals surface area contributed by atoms with E-state index in [1.165, 1.54) is 37.3 Å². The molecule has 9 heteroatoms. The molecule has 28 heavy (non-hydrogen) atoms. The van der Waals surface area contributed by atoms with Crippen LogP contribution in [0.4, 0.5) is 19.3 Å². The molecule has 1 aliphatic heterocycles. The van der Waals surface area contributed by atoms with Crippen molar-refractivity contribution in [2.45, 2.75) is 13.0 Å². The zero-order valence-corrected chi connectivity index (χ0v) is 14.5. The molecule has 2 aromatic carbocycles. The summed E-state index contributed by atoms with van der Waals surface area (Å²) in [7, 11) is 0. The minimum absolute atomic E-state index is 0.108. The Balaban J connectivity index is 1.87. The summed E-state index contributed by atoms with van der Waals surface area (Å²) >= 11 is 0. The van der Waals surface area contributed by atoms with E-state index < -0.39 is 41.4 Å². The molecule has 2 heterocycles. The summed E-state index contributed by atoms with van der Waals surface area (Å²) in [6.07, 6.45) is -0.115. The molecule has 1 fully saturated rings. The second-order valence-electron chi connectivity index (χ2n) is 6.49. The van der Waals surface area contributed by atoms with Crippen LogP contribution in [0.25, 0.3) is 11.0 Å². The summed E-state index contributed by atoms with van der Waals surface area (Å²) < 4.78 is 29.1. The number of hydrogen-bond acceptors (Lipinski definition) is 4. The third-order valence-corrected chi connectivity index (χ3v) is 4.91. The van der Waals surface area contributed by atoms with Crippen LogP contribution in [0.5, 0.6) is 0 Å². The normalized spacial score (nSPS) is 19.6. The van der Waals surface area contributed by atoms with E-state index in [0.29, 0.717) is 0 Å². The zero-order valence-electron chi connectivity index (χ0n) is 14.5. The van der Waals surface area contributed by atoms with Gasteiger partial charge in [0.05, 0.1) is 17.1 Å². The lowest BCUT2D eigenvalue weighted by Gasteiger charge is -2.27. The van der Waals surface area contributed by atoms with E-state index in [-0.39, 0.29) is 22.3 Å². The molecule has 0 radical (unpaired) electrons. The maximum Gasteiger partial charge on any atom is 0.417 e. The zero-order chi connectivity index (χ0) is 20.2. The van der Waals surface area contributed by atoms with Crippen LogP contribution in [0.1, 0.15) is 18.5 Å². The summed E-state index contributed by atoms with van der Waals surface area (Å²) in [6, 6.07) is 6.87. The summed E-state index contributed by atoms with van der Waals surface area (Å²) in [4.78, 5) is 41.2. The Kier molecular flexibility index (Phi) is 3.95. The predicted molar refractivity (Wildman–Crippen MR) is 93.9 cm³/mol. The van der Waals surface area contributed by atoms with Gasteiger partial charge in [-0.25, -0.2) is 23.1 Å². The Morgan fingerprint density at radius 3 is 2.64 bits per heavy atom. The minimum atomic E-state index is -1.23. The Morgan fingerprint density at radius 1 is 1.18 bits per heavy atom. The number of aromatic nitrogens is 2. The standard InChI is InChI=1S/C19H13F2N3O4/c1-9-16(11-3-2-4-12(20)15(11)21)24(18(26)17(9)25)10-5-6-14-13(7-10)22-8-23(14)19(27)28/h2-9,16H,1H3,(H,27,28). The van der Waals surface area contributed by atoms with Crippen molar-refractivity contribution in [3.05, 3.63) is 59.9 Å². The summed E-state index contributed by atoms with van der Waals surface area (Å²) in [5.74, 6) is -4.66. The maximum absolute atomic E-state index is 14.4. The lowest BCUT2D eigenvalue weighted by molar-refractivity contribution is -0.135. The molecule has 2 atom stereocenters. The number of fused-ring (bicyclic) bond motifs is 1. The molecule has 1 saturated heterocycles. The number of carbonyl (C=O) groups excluding carboxylic acids is 2. The number of hydrogen-bond donors (Lipinski definition) is 1. The third kappa shape index (κ3) is 2.47. The van der Waals surface area contributed by atoms with Crippen LogP contribution in [-0.4, -0.2) is 32.4 Å². The van der Waals surface area contributed by atoms with Crippen LogP contribution >= 0.6 is 0 Å². The van der Waals surface area contributed by atoms with Crippen LogP contribution in [0.15, 0.2) is 42.7 Å². The first-order valence-electron chi connectivity index (χ1n) is 8.33. The average Bonchev–Trinajstić information content (AvgIpc) is 3.18. The molecular weight excluding hydrogens is 372 g/mol. The molecule has 0 saturated carbocycles. The number of benzene rings is 2. The van der Waals surface area contributed by atoms with Crippen LogP contribution < -0.4 is 4.90 Å². The van der Waals surface area contributed by atoms with Crippen molar-refractivity contribution in [1.29, 1.82) is 0 Å². The summed E-state index contributed by atoms with van der Waals surface area (Å²) in [5.41, 5.74) is 0.691. The molecular formula is C19H13F2N3O4. The van der Waals surface area contributed by atoms with Crippen LogP contribution in [0, 0.1) is 17.6 Å². The number of amides is 1. The summed E-state index contributed by atoms with van der Waals surface area (Å²) in [6.45, 7) is 1.48. The highest BCUT2D eigenvalue weighted by atomic mass is 19.2. The van der Waals surface area contributed by atoms with Gasteiger partial charge in [-0.15, -0.1) is 0 Å². The van der Waals surface area contributed by atoms with Gasteiger partial charge in [-0.1, -0.05) is 19.1 Å². The van der Waals surface area contributed by atoms with E-state index in [0.717, 1.165) is 21.9 Å². The molecule has 0 spiro atoms. The number of anilines is 1. The van der Waals surface area contributed by atoms with Crippen molar-refractivity contribution in [2.75, 3.05) is 4.90 Å². The van der Waals surface area contributed by atoms with Crippen molar-refractivity contribution < 1.29 is 28.3 Å². The van der Waals surface area contributed by atoms with Crippen molar-refractivity contribution in [3.63, 3.8) is 0 Å². The molecule has 0 bridgehead atoms. The lowest BCUT2D eigenvalue weighted by atomic mass is 9.94. The second kappa shape index (κ2) is 6.22. The van der Waals surface area contributed by atoms with Gasteiger partial charge in [-0.2, -0.15) is 0 Å². The quantitative estimate of drug-likeness (QED) is 0.684. The number of ketones is 1. The number of nitrogens with zero attached hydrogens (tertiary/aromatic N) is 3. The van der Waals surface area contributed by atoms with Gasteiger partial charge < -0.3 is 5.11 Å². The molecule has 7 nitrogen and oxygen atoms in total. The SMILES string of the molecule is CC1C(=O)C(=O)N(c2ccc3c(c2)ncn3C(=O)O)C1c1cccc(F)c1F. The van der Waals surface area contributed by atoms with Crippen molar-refractivity contribution in [3.8, 4) is 0 Å². The van der Waals surface area contributed by atoms with E-state index in [9.17, 15) is 23.2 Å². The van der Waals surface area contributed by atoms with Crippen LogP contribution in [0.3, 0.4) is 0 Å². The average molecular weight is 385 g/mol. The van der Waals surface area contributed by atoms with Crippen molar-refractivity contribution >= 4 is 34.5 Å². The Labute approximate surface area is 156 Å². The third-order valence-electron chi connectivity index (χ3n) is 4.91. The number of carbonyl (C=O) groups is 3. The Morgan fingerprint density at radius 2 is 1.93 bits per heavy atom. The van der Waals surface area contributed by atoms with Gasteiger partial charge in [0.25, 0.3) is 5.91 Å². The molecule has 4 rings (SSSR count). The molecule has 2 unspecified atom stereocenters. The van der Waals surface area contributed by atoms with E-state index in [1.807, 2.05) is 0 Å². The second-order valence-corrected chi connectivity index (χ2v) is 6.49. The molecule has 1 amide bonds. The topological polar surface area (TPSA) is 92.5 Å². The monoisotopic (exact) mass is 385 g/mol. The van der Waals surface area contributed by atoms with Crippen LogP contribution in [0.2, 0.25) is 0 Å². The number of rotatable bonds is 2. The number of carboxylic acid groups (broad SMARTS) is 1. The summed E-state index contributed by atoms with van der Waals surface area (Å²) in [5, 5.41) is 9.15. The van der Waals surface area contributed by atoms with Gasteiger partial charge in [-0.05, 0) is 24.3 Å². The van der Waals surface area contributed by atoms with E-state index in [2.05, 4.69) is 4.98 Å². The molecule has 1 N–H and O–H groups in total. The molecule has 1 aromatic heterocycles. The van der Waals surface area contributed by atoms with E-state index >= 15 is 0 Å². The number of imidazole rings is 1. The fourth-order valence-corrected chi connectivity index (χ4v) is 3.55. The maximum atomic E-state index is 14.4. The Hall–Kier alpha value is -3.62. The van der Waals surface area contributed by atoms with Gasteiger partial charge in [-0.3, -0.25) is 14.5 Å². The fraction of sp³-hybridized carbons (Fsp3) is 0.158. The Bertz CT molecular complexity index is 1160. The van der Waals surface area contributed by atoms with Crippen molar-refractivity contribution in [1.82, 2.24) is 9.55 Å². The highest BCUT2D eigenvalue weighted by molar-refractivity contribution is 6.44. The fourth-order valence-electron chi connectivity index (χ4n) is 3.55. The smallest absolute Gasteiger partial charge is 0.417 e. The van der Waals surface area contributed by atoms with Gasteiger partial charge in [0, 0.05) is 17.2 Å². The molecule has 0 aliphatic carbocycles. The highest BCUT2D eigenvalue weighted by Gasteiger charge is 2.47. The largest absolute Gasteiger partial charge is 0.464 e. The minimum Gasteiger partial charge on any atom is -0.464 e. The lowest BCUT2D eigenvalue weighted by Crippen LogP contribution is -2.30. The molecule has 142 valence electrons. The van der Waals surface area contributed by atoms with Gasteiger partial charge in [0.2, 0.25) is 5.78 Å². The number of halogens is 2. The van der Waals surface area contributed by atoms with Gasteiger partial charge in [0.15, 0.2) is 11.6 Å².